The van der Waals surface area contributed by atoms with Crippen molar-refractivity contribution in [1.29, 1.82) is 0 Å². The molecule has 4 rings (SSSR count). The maximum atomic E-state index is 12.6. The Morgan fingerprint density at radius 3 is 2.87 bits per heavy atom. The van der Waals surface area contributed by atoms with Crippen molar-refractivity contribution in [3.05, 3.63) is 65.7 Å². The molecule has 0 fully saturated rings. The third-order valence-electron chi connectivity index (χ3n) is 3.86. The SMILES string of the molecule is O=C(Nc1ccccn1)c1c[nH]c2c1-c1ncccc1CNC2. The van der Waals surface area contributed by atoms with E-state index in [4.69, 9.17) is 0 Å². The normalized spacial score (nSPS) is 12.9. The number of rotatable bonds is 2. The number of fused-ring (bicyclic) bond motifs is 3. The summed E-state index contributed by atoms with van der Waals surface area (Å²) in [6.07, 6.45) is 5.13. The van der Waals surface area contributed by atoms with Crippen LogP contribution in [0, 0.1) is 0 Å². The zero-order valence-corrected chi connectivity index (χ0v) is 12.3. The topological polar surface area (TPSA) is 82.7 Å². The third kappa shape index (κ3) is 2.49. The number of nitrogens with one attached hydrogen (secondary N) is 3. The molecule has 1 aliphatic rings. The van der Waals surface area contributed by atoms with Crippen LogP contribution in [0.3, 0.4) is 0 Å². The fourth-order valence-corrected chi connectivity index (χ4v) is 2.80. The van der Waals surface area contributed by atoms with Crippen molar-refractivity contribution < 1.29 is 4.79 Å². The molecule has 0 unspecified atom stereocenters. The van der Waals surface area contributed by atoms with E-state index in [-0.39, 0.29) is 5.91 Å². The Morgan fingerprint density at radius 2 is 2.00 bits per heavy atom. The number of H-pyrrole nitrogens is 1. The summed E-state index contributed by atoms with van der Waals surface area (Å²) in [5.41, 5.74) is 4.33. The maximum Gasteiger partial charge on any atom is 0.259 e. The van der Waals surface area contributed by atoms with Crippen LogP contribution in [0.25, 0.3) is 11.3 Å². The van der Waals surface area contributed by atoms with Crippen LogP contribution in [-0.2, 0) is 13.1 Å². The van der Waals surface area contributed by atoms with Crippen LogP contribution in [0.1, 0.15) is 21.6 Å². The third-order valence-corrected chi connectivity index (χ3v) is 3.86. The van der Waals surface area contributed by atoms with Crippen LogP contribution in [0.15, 0.2) is 48.9 Å². The number of aromatic amines is 1. The van der Waals surface area contributed by atoms with Gasteiger partial charge in [-0.15, -0.1) is 0 Å². The zero-order valence-electron chi connectivity index (χ0n) is 12.3. The standard InChI is InChI=1S/C17H15N5O/c23-17(22-14-5-1-2-6-19-14)12-9-21-13-10-18-8-11-4-3-7-20-16(11)15(12)13/h1-7,9,18,21H,8,10H2,(H,19,22,23). The fraction of sp³-hybridized carbons (Fsp3) is 0.118. The number of carbonyl (C=O) groups excluding carboxylic acids is 1. The average molecular weight is 305 g/mol. The molecule has 23 heavy (non-hydrogen) atoms. The van der Waals surface area contributed by atoms with Crippen molar-refractivity contribution in [3.63, 3.8) is 0 Å². The summed E-state index contributed by atoms with van der Waals surface area (Å²) in [4.78, 5) is 24.5. The number of aromatic nitrogens is 3. The Labute approximate surface area is 133 Å². The minimum atomic E-state index is -0.195. The van der Waals surface area contributed by atoms with E-state index in [0.29, 0.717) is 17.9 Å². The van der Waals surface area contributed by atoms with Crippen molar-refractivity contribution in [2.45, 2.75) is 13.1 Å². The highest BCUT2D eigenvalue weighted by Crippen LogP contribution is 2.31. The van der Waals surface area contributed by atoms with Gasteiger partial charge < -0.3 is 15.6 Å². The summed E-state index contributed by atoms with van der Waals surface area (Å²) in [7, 11) is 0. The van der Waals surface area contributed by atoms with Crippen molar-refractivity contribution >= 4 is 11.7 Å². The van der Waals surface area contributed by atoms with Crippen LogP contribution in [0.4, 0.5) is 5.82 Å². The molecular formula is C17H15N5O. The van der Waals surface area contributed by atoms with Gasteiger partial charge in [0, 0.05) is 42.9 Å². The lowest BCUT2D eigenvalue weighted by molar-refractivity contribution is 0.102. The van der Waals surface area contributed by atoms with Crippen molar-refractivity contribution in [2.75, 3.05) is 5.32 Å². The first-order valence-electron chi connectivity index (χ1n) is 7.40. The smallest absolute Gasteiger partial charge is 0.259 e. The molecular weight excluding hydrogens is 290 g/mol. The molecule has 0 saturated carbocycles. The summed E-state index contributed by atoms with van der Waals surface area (Å²) >= 11 is 0. The molecule has 0 radical (unpaired) electrons. The van der Waals surface area contributed by atoms with Crippen LogP contribution >= 0.6 is 0 Å². The predicted octanol–water partition coefficient (Wildman–Crippen LogP) is 2.33. The maximum absolute atomic E-state index is 12.6. The van der Waals surface area contributed by atoms with Crippen molar-refractivity contribution in [1.82, 2.24) is 20.3 Å². The van der Waals surface area contributed by atoms with Crippen LogP contribution in [0.5, 0.6) is 0 Å². The number of hydrogen-bond donors (Lipinski definition) is 3. The van der Waals surface area contributed by atoms with Gasteiger partial charge in [0.2, 0.25) is 0 Å². The molecule has 0 spiro atoms. The van der Waals surface area contributed by atoms with Gasteiger partial charge in [0.25, 0.3) is 5.91 Å². The second-order valence-corrected chi connectivity index (χ2v) is 5.34. The molecule has 0 saturated heterocycles. The lowest BCUT2D eigenvalue weighted by Crippen LogP contribution is -2.13. The average Bonchev–Trinajstić information content (AvgIpc) is 2.92. The van der Waals surface area contributed by atoms with Crippen molar-refractivity contribution in [2.24, 2.45) is 0 Å². The van der Waals surface area contributed by atoms with Gasteiger partial charge in [-0.25, -0.2) is 4.98 Å². The molecule has 0 aromatic carbocycles. The molecule has 1 amide bonds. The largest absolute Gasteiger partial charge is 0.363 e. The van der Waals surface area contributed by atoms with E-state index in [1.165, 1.54) is 0 Å². The molecule has 1 aliphatic heterocycles. The van der Waals surface area contributed by atoms with Gasteiger partial charge in [0.1, 0.15) is 5.82 Å². The molecule has 3 aromatic rings. The Morgan fingerprint density at radius 1 is 1.09 bits per heavy atom. The molecule has 114 valence electrons. The quantitative estimate of drug-likeness (QED) is 0.678. The molecule has 0 aliphatic carbocycles. The van der Waals surface area contributed by atoms with Crippen LogP contribution in [0.2, 0.25) is 0 Å². The van der Waals surface area contributed by atoms with Gasteiger partial charge in [-0.1, -0.05) is 12.1 Å². The van der Waals surface area contributed by atoms with Gasteiger partial charge in [-0.05, 0) is 23.8 Å². The van der Waals surface area contributed by atoms with E-state index in [9.17, 15) is 4.79 Å². The second-order valence-electron chi connectivity index (χ2n) is 5.34. The van der Waals surface area contributed by atoms with Crippen LogP contribution in [-0.4, -0.2) is 20.9 Å². The lowest BCUT2D eigenvalue weighted by Gasteiger charge is -2.08. The Balaban J connectivity index is 1.76. The summed E-state index contributed by atoms with van der Waals surface area (Å²) in [6, 6.07) is 9.34. The molecule has 3 aromatic heterocycles. The fourth-order valence-electron chi connectivity index (χ4n) is 2.80. The Hall–Kier alpha value is -2.99. The highest BCUT2D eigenvalue weighted by Gasteiger charge is 2.23. The number of nitrogens with zero attached hydrogens (tertiary/aromatic N) is 2. The minimum Gasteiger partial charge on any atom is -0.363 e. The summed E-state index contributed by atoms with van der Waals surface area (Å²) in [5.74, 6) is 0.333. The van der Waals surface area contributed by atoms with Crippen molar-refractivity contribution in [3.8, 4) is 11.3 Å². The number of hydrogen-bond acceptors (Lipinski definition) is 4. The Kier molecular flexibility index (Phi) is 3.36. The zero-order chi connectivity index (χ0) is 15.6. The van der Waals surface area contributed by atoms with E-state index in [2.05, 4.69) is 25.6 Å². The van der Waals surface area contributed by atoms with Gasteiger partial charge in [0.15, 0.2) is 0 Å². The Bertz CT molecular complexity index is 856. The number of amides is 1. The second kappa shape index (κ2) is 5.66. The molecule has 3 N–H and O–H groups in total. The molecule has 4 heterocycles. The summed E-state index contributed by atoms with van der Waals surface area (Å²) < 4.78 is 0. The molecule has 0 atom stereocenters. The van der Waals surface area contributed by atoms with E-state index in [0.717, 1.165) is 29.1 Å². The van der Waals surface area contributed by atoms with Gasteiger partial charge in [-0.2, -0.15) is 0 Å². The van der Waals surface area contributed by atoms with E-state index in [1.807, 2.05) is 24.3 Å². The molecule has 0 bridgehead atoms. The molecule has 6 nitrogen and oxygen atoms in total. The highest BCUT2D eigenvalue weighted by molar-refractivity contribution is 6.08. The first-order chi connectivity index (χ1) is 11.3. The summed E-state index contributed by atoms with van der Waals surface area (Å²) in [6.45, 7) is 1.40. The van der Waals surface area contributed by atoms with Gasteiger partial charge in [0.05, 0.1) is 11.3 Å². The summed E-state index contributed by atoms with van der Waals surface area (Å²) in [5, 5.41) is 6.17. The lowest BCUT2D eigenvalue weighted by atomic mass is 10.0. The number of anilines is 1. The van der Waals surface area contributed by atoms with Gasteiger partial charge in [-0.3, -0.25) is 9.78 Å². The van der Waals surface area contributed by atoms with E-state index >= 15 is 0 Å². The minimum absolute atomic E-state index is 0.195. The first kappa shape index (κ1) is 13.7. The van der Waals surface area contributed by atoms with E-state index < -0.39 is 0 Å². The predicted molar refractivity (Wildman–Crippen MR) is 86.8 cm³/mol. The monoisotopic (exact) mass is 305 g/mol. The number of pyridine rings is 2. The van der Waals surface area contributed by atoms with E-state index in [1.54, 1.807) is 24.7 Å². The number of carbonyl (C=O) groups is 1. The van der Waals surface area contributed by atoms with Crippen LogP contribution < -0.4 is 10.6 Å². The van der Waals surface area contributed by atoms with Gasteiger partial charge >= 0.3 is 0 Å². The molecule has 6 heteroatoms. The highest BCUT2D eigenvalue weighted by atomic mass is 16.1. The first-order valence-corrected chi connectivity index (χ1v) is 7.40.